The largest absolute Gasteiger partial charge is 0.378 e. The van der Waals surface area contributed by atoms with Gasteiger partial charge in [0.15, 0.2) is 0 Å². The van der Waals surface area contributed by atoms with Gasteiger partial charge in [0, 0.05) is 37.9 Å². The fraction of sp³-hybridized carbons (Fsp3) is 0.476. The number of amides is 2. The standard InChI is InChI=1S/C21H30N6O2/c1-21(2,3)16-4-6-17(7-5-16)26-20(28)23-9-8-22-18-14-19(25-15-24-18)27-10-12-29-13-11-27/h4-7,14-15H,8-13H2,1-3H3,(H,22,24,25)(H2,23,26,28). The van der Waals surface area contributed by atoms with E-state index in [4.69, 9.17) is 4.74 Å². The van der Waals surface area contributed by atoms with E-state index in [1.165, 1.54) is 5.56 Å². The van der Waals surface area contributed by atoms with E-state index in [1.807, 2.05) is 30.3 Å². The van der Waals surface area contributed by atoms with Gasteiger partial charge >= 0.3 is 6.03 Å². The van der Waals surface area contributed by atoms with E-state index < -0.39 is 0 Å². The number of carbonyl (C=O) groups excluding carboxylic acids is 1. The molecule has 1 saturated heterocycles. The molecule has 3 N–H and O–H groups in total. The van der Waals surface area contributed by atoms with Gasteiger partial charge in [-0.05, 0) is 23.1 Å². The zero-order valence-electron chi connectivity index (χ0n) is 17.4. The summed E-state index contributed by atoms with van der Waals surface area (Å²) in [6.07, 6.45) is 1.55. The van der Waals surface area contributed by atoms with Crippen molar-refractivity contribution in [3.8, 4) is 0 Å². The Labute approximate surface area is 172 Å². The van der Waals surface area contributed by atoms with Gasteiger partial charge in [0.25, 0.3) is 0 Å². The van der Waals surface area contributed by atoms with Gasteiger partial charge in [-0.15, -0.1) is 0 Å². The first-order valence-corrected chi connectivity index (χ1v) is 9.96. The summed E-state index contributed by atoms with van der Waals surface area (Å²) >= 11 is 0. The van der Waals surface area contributed by atoms with Crippen LogP contribution < -0.4 is 20.9 Å². The van der Waals surface area contributed by atoms with Crippen molar-refractivity contribution in [3.63, 3.8) is 0 Å². The second kappa shape index (κ2) is 9.56. The number of urea groups is 1. The molecule has 1 aromatic carbocycles. The first kappa shape index (κ1) is 20.9. The van der Waals surface area contributed by atoms with E-state index in [0.29, 0.717) is 26.3 Å². The normalized spacial score (nSPS) is 14.4. The lowest BCUT2D eigenvalue weighted by Gasteiger charge is -2.27. The quantitative estimate of drug-likeness (QED) is 0.648. The highest BCUT2D eigenvalue weighted by Crippen LogP contribution is 2.23. The molecule has 1 fully saturated rings. The second-order valence-corrected chi connectivity index (χ2v) is 8.00. The number of nitrogens with one attached hydrogen (secondary N) is 3. The second-order valence-electron chi connectivity index (χ2n) is 8.00. The van der Waals surface area contributed by atoms with Crippen LogP contribution in [0.1, 0.15) is 26.3 Å². The molecule has 3 rings (SSSR count). The zero-order chi connectivity index (χ0) is 20.7. The van der Waals surface area contributed by atoms with Gasteiger partial charge in [-0.2, -0.15) is 0 Å². The number of rotatable bonds is 6. The van der Waals surface area contributed by atoms with Crippen molar-refractivity contribution >= 4 is 23.4 Å². The molecule has 0 atom stereocenters. The third-order valence-electron chi connectivity index (χ3n) is 4.71. The van der Waals surface area contributed by atoms with Crippen LogP contribution >= 0.6 is 0 Å². The van der Waals surface area contributed by atoms with E-state index in [-0.39, 0.29) is 11.4 Å². The minimum absolute atomic E-state index is 0.0924. The average molecular weight is 399 g/mol. The monoisotopic (exact) mass is 398 g/mol. The Morgan fingerprint density at radius 1 is 1.10 bits per heavy atom. The summed E-state index contributed by atoms with van der Waals surface area (Å²) in [5, 5.41) is 8.91. The number of aromatic nitrogens is 2. The summed E-state index contributed by atoms with van der Waals surface area (Å²) in [6, 6.07) is 9.62. The van der Waals surface area contributed by atoms with Crippen LogP contribution in [0.15, 0.2) is 36.7 Å². The third-order valence-corrected chi connectivity index (χ3v) is 4.71. The molecule has 0 saturated carbocycles. The van der Waals surface area contributed by atoms with Gasteiger partial charge in [0.05, 0.1) is 13.2 Å². The Morgan fingerprint density at radius 2 is 1.83 bits per heavy atom. The van der Waals surface area contributed by atoms with Crippen molar-refractivity contribution < 1.29 is 9.53 Å². The molecule has 2 amide bonds. The minimum atomic E-state index is -0.230. The number of carbonyl (C=O) groups is 1. The van der Waals surface area contributed by atoms with Crippen molar-refractivity contribution in [1.29, 1.82) is 0 Å². The number of ether oxygens (including phenoxy) is 1. The van der Waals surface area contributed by atoms with Crippen molar-refractivity contribution in [2.75, 3.05) is 54.9 Å². The number of hydrogen-bond acceptors (Lipinski definition) is 6. The topological polar surface area (TPSA) is 91.4 Å². The van der Waals surface area contributed by atoms with Gasteiger partial charge in [0.2, 0.25) is 0 Å². The van der Waals surface area contributed by atoms with E-state index >= 15 is 0 Å². The predicted molar refractivity (Wildman–Crippen MR) is 116 cm³/mol. The molecule has 1 aliphatic rings. The summed E-state index contributed by atoms with van der Waals surface area (Å²) in [5.74, 6) is 1.62. The van der Waals surface area contributed by atoms with E-state index in [9.17, 15) is 4.79 Å². The Morgan fingerprint density at radius 3 is 2.52 bits per heavy atom. The summed E-state index contributed by atoms with van der Waals surface area (Å²) in [4.78, 5) is 22.8. The number of morpholine rings is 1. The number of anilines is 3. The molecule has 0 spiro atoms. The molecule has 29 heavy (non-hydrogen) atoms. The number of benzene rings is 1. The molecule has 0 unspecified atom stereocenters. The Kier molecular flexibility index (Phi) is 6.87. The van der Waals surface area contributed by atoms with Crippen LogP contribution in [0, 0.1) is 0 Å². The van der Waals surface area contributed by atoms with Crippen LogP contribution in [0.4, 0.5) is 22.1 Å². The Bertz CT molecular complexity index is 798. The molecule has 1 aliphatic heterocycles. The van der Waals surface area contributed by atoms with Crippen molar-refractivity contribution in [2.24, 2.45) is 0 Å². The maximum absolute atomic E-state index is 12.1. The minimum Gasteiger partial charge on any atom is -0.378 e. The molecule has 156 valence electrons. The molecular formula is C21H30N6O2. The summed E-state index contributed by atoms with van der Waals surface area (Å²) < 4.78 is 5.37. The zero-order valence-corrected chi connectivity index (χ0v) is 17.4. The number of hydrogen-bond donors (Lipinski definition) is 3. The van der Waals surface area contributed by atoms with Crippen LogP contribution in [-0.2, 0) is 10.2 Å². The van der Waals surface area contributed by atoms with Crippen LogP contribution in [0.5, 0.6) is 0 Å². The molecule has 0 bridgehead atoms. The highest BCUT2D eigenvalue weighted by molar-refractivity contribution is 5.89. The van der Waals surface area contributed by atoms with Crippen LogP contribution in [0.25, 0.3) is 0 Å². The van der Waals surface area contributed by atoms with Crippen molar-refractivity contribution in [3.05, 3.63) is 42.2 Å². The van der Waals surface area contributed by atoms with Crippen molar-refractivity contribution in [1.82, 2.24) is 15.3 Å². The SMILES string of the molecule is CC(C)(C)c1ccc(NC(=O)NCCNc2cc(N3CCOCC3)ncn2)cc1. The molecule has 8 nitrogen and oxygen atoms in total. The van der Waals surface area contributed by atoms with Crippen LogP contribution in [-0.4, -0.2) is 55.4 Å². The molecule has 1 aromatic heterocycles. The molecule has 8 heteroatoms. The van der Waals surface area contributed by atoms with Gasteiger partial charge < -0.3 is 25.6 Å². The van der Waals surface area contributed by atoms with Gasteiger partial charge in [-0.3, -0.25) is 0 Å². The maximum Gasteiger partial charge on any atom is 0.319 e. The highest BCUT2D eigenvalue weighted by atomic mass is 16.5. The fourth-order valence-corrected chi connectivity index (χ4v) is 3.00. The third kappa shape index (κ3) is 6.32. The van der Waals surface area contributed by atoms with Gasteiger partial charge in [0.1, 0.15) is 18.0 Å². The van der Waals surface area contributed by atoms with Crippen LogP contribution in [0.3, 0.4) is 0 Å². The first-order chi connectivity index (χ1) is 13.9. The first-order valence-electron chi connectivity index (χ1n) is 9.96. The average Bonchev–Trinajstić information content (AvgIpc) is 2.72. The lowest BCUT2D eigenvalue weighted by atomic mass is 9.87. The molecule has 0 radical (unpaired) electrons. The smallest absolute Gasteiger partial charge is 0.319 e. The van der Waals surface area contributed by atoms with Gasteiger partial charge in [-0.1, -0.05) is 32.9 Å². The lowest BCUT2D eigenvalue weighted by molar-refractivity contribution is 0.122. The van der Waals surface area contributed by atoms with Crippen molar-refractivity contribution in [2.45, 2.75) is 26.2 Å². The van der Waals surface area contributed by atoms with E-state index in [2.05, 4.69) is 51.6 Å². The summed E-state index contributed by atoms with van der Waals surface area (Å²) in [5.41, 5.74) is 2.10. The van der Waals surface area contributed by atoms with Crippen LogP contribution in [0.2, 0.25) is 0 Å². The molecular weight excluding hydrogens is 368 g/mol. The van der Waals surface area contributed by atoms with E-state index in [0.717, 1.165) is 30.4 Å². The Hall–Kier alpha value is -2.87. The Balaban J connectivity index is 1.40. The molecule has 2 aromatic rings. The predicted octanol–water partition coefficient (Wildman–Crippen LogP) is 2.84. The summed E-state index contributed by atoms with van der Waals surface area (Å²) in [6.45, 7) is 10.6. The molecule has 0 aliphatic carbocycles. The fourth-order valence-electron chi connectivity index (χ4n) is 3.00. The maximum atomic E-state index is 12.1. The summed E-state index contributed by atoms with van der Waals surface area (Å²) in [7, 11) is 0. The molecule has 2 heterocycles. The highest BCUT2D eigenvalue weighted by Gasteiger charge is 2.14. The number of nitrogens with zero attached hydrogens (tertiary/aromatic N) is 3. The van der Waals surface area contributed by atoms with Gasteiger partial charge in [-0.25, -0.2) is 14.8 Å². The lowest BCUT2D eigenvalue weighted by Crippen LogP contribution is -2.36. The van der Waals surface area contributed by atoms with E-state index in [1.54, 1.807) is 6.33 Å².